The first-order chi connectivity index (χ1) is 10.2. The molecular weight excluding hydrogens is 318 g/mol. The molecule has 0 radical (unpaired) electrons. The summed E-state index contributed by atoms with van der Waals surface area (Å²) in [5.41, 5.74) is 2.81. The smallest absolute Gasteiger partial charge is 0.238 e. The van der Waals surface area contributed by atoms with Crippen molar-refractivity contribution >= 4 is 35.3 Å². The molecule has 1 aromatic heterocycles. The first-order valence-corrected chi connectivity index (χ1v) is 8.12. The predicted octanol–water partition coefficient (Wildman–Crippen LogP) is 3.48. The van der Waals surface area contributed by atoms with E-state index in [2.05, 4.69) is 15.6 Å². The van der Waals surface area contributed by atoms with Crippen molar-refractivity contribution < 1.29 is 4.79 Å². The Balaban J connectivity index is 0.00000176. The van der Waals surface area contributed by atoms with Gasteiger partial charge in [0, 0.05) is 16.6 Å². The summed E-state index contributed by atoms with van der Waals surface area (Å²) in [6, 6.07) is 7.82. The molecule has 22 heavy (non-hydrogen) atoms. The quantitative estimate of drug-likeness (QED) is 0.848. The summed E-state index contributed by atoms with van der Waals surface area (Å²) in [4.78, 5) is 16.3. The van der Waals surface area contributed by atoms with E-state index in [1.807, 2.05) is 36.6 Å². The van der Waals surface area contributed by atoms with Gasteiger partial charge >= 0.3 is 0 Å². The Morgan fingerprint density at radius 3 is 2.91 bits per heavy atom. The van der Waals surface area contributed by atoms with Crippen molar-refractivity contribution in [3.05, 3.63) is 34.7 Å². The average molecular weight is 338 g/mol. The van der Waals surface area contributed by atoms with Gasteiger partial charge in [-0.25, -0.2) is 4.98 Å². The highest BCUT2D eigenvalue weighted by molar-refractivity contribution is 7.09. The van der Waals surface area contributed by atoms with Crippen LogP contribution in [0.5, 0.6) is 0 Å². The highest BCUT2D eigenvalue weighted by Crippen LogP contribution is 2.27. The van der Waals surface area contributed by atoms with E-state index in [1.165, 1.54) is 12.8 Å². The third-order valence-corrected chi connectivity index (χ3v) is 4.25. The second-order valence-corrected chi connectivity index (χ2v) is 6.52. The molecule has 118 valence electrons. The summed E-state index contributed by atoms with van der Waals surface area (Å²) in [5.74, 6) is 0.788. The number of nitrogens with zero attached hydrogens (tertiary/aromatic N) is 1. The van der Waals surface area contributed by atoms with Crippen LogP contribution in [0.15, 0.2) is 29.6 Å². The van der Waals surface area contributed by atoms with Gasteiger partial charge in [0.05, 0.1) is 17.2 Å². The van der Waals surface area contributed by atoms with Gasteiger partial charge in [-0.05, 0) is 44.4 Å². The normalized spacial score (nSPS) is 13.5. The fraction of sp³-hybridized carbons (Fsp3) is 0.375. The minimum Gasteiger partial charge on any atom is -0.325 e. The number of halogens is 1. The molecule has 1 aliphatic carbocycles. The molecule has 0 unspecified atom stereocenters. The summed E-state index contributed by atoms with van der Waals surface area (Å²) in [5, 5.41) is 9.20. The van der Waals surface area contributed by atoms with E-state index < -0.39 is 0 Å². The molecule has 4 nitrogen and oxygen atoms in total. The Morgan fingerprint density at radius 2 is 2.23 bits per heavy atom. The molecular formula is C16H20ClN3OS. The summed E-state index contributed by atoms with van der Waals surface area (Å²) in [7, 11) is 0. The van der Waals surface area contributed by atoms with E-state index >= 15 is 0 Å². The molecule has 6 heteroatoms. The number of nitrogens with one attached hydrogen (secondary N) is 2. The molecule has 2 aromatic rings. The number of benzene rings is 1. The van der Waals surface area contributed by atoms with Crippen LogP contribution in [0.1, 0.15) is 17.8 Å². The number of thiazole rings is 1. The van der Waals surface area contributed by atoms with Gasteiger partial charge in [-0.3, -0.25) is 4.79 Å². The Labute approximate surface area is 140 Å². The molecule has 0 bridgehead atoms. The molecule has 0 atom stereocenters. The van der Waals surface area contributed by atoms with E-state index in [0.29, 0.717) is 6.54 Å². The summed E-state index contributed by atoms with van der Waals surface area (Å²) >= 11 is 1.63. The van der Waals surface area contributed by atoms with E-state index in [0.717, 1.165) is 34.4 Å². The van der Waals surface area contributed by atoms with Crippen molar-refractivity contribution in [2.45, 2.75) is 19.8 Å². The Morgan fingerprint density at radius 1 is 1.41 bits per heavy atom. The van der Waals surface area contributed by atoms with Crippen molar-refractivity contribution in [3.8, 4) is 11.3 Å². The van der Waals surface area contributed by atoms with Crippen LogP contribution in [-0.4, -0.2) is 24.0 Å². The zero-order valence-corrected chi connectivity index (χ0v) is 14.1. The highest BCUT2D eigenvalue weighted by Gasteiger charge is 2.20. The van der Waals surface area contributed by atoms with Gasteiger partial charge < -0.3 is 10.6 Å². The summed E-state index contributed by atoms with van der Waals surface area (Å²) in [6.07, 6.45) is 2.59. The number of hydrogen-bond donors (Lipinski definition) is 2. The lowest BCUT2D eigenvalue weighted by atomic mass is 10.1. The lowest BCUT2D eigenvalue weighted by Crippen LogP contribution is -2.29. The summed E-state index contributed by atoms with van der Waals surface area (Å²) < 4.78 is 0. The van der Waals surface area contributed by atoms with E-state index in [1.54, 1.807) is 11.3 Å². The van der Waals surface area contributed by atoms with Gasteiger partial charge in [0.25, 0.3) is 0 Å². The fourth-order valence-corrected chi connectivity index (χ4v) is 2.79. The maximum atomic E-state index is 11.9. The predicted molar refractivity (Wildman–Crippen MR) is 93.8 cm³/mol. The highest BCUT2D eigenvalue weighted by atomic mass is 35.5. The Hall–Kier alpha value is -1.43. The van der Waals surface area contributed by atoms with Gasteiger partial charge in [0.15, 0.2) is 0 Å². The summed E-state index contributed by atoms with van der Waals surface area (Å²) in [6.45, 7) is 3.31. The van der Waals surface area contributed by atoms with Crippen LogP contribution in [0.2, 0.25) is 0 Å². The number of carbonyl (C=O) groups is 1. The van der Waals surface area contributed by atoms with Crippen LogP contribution in [0, 0.1) is 12.8 Å². The number of aromatic nitrogens is 1. The van der Waals surface area contributed by atoms with Gasteiger partial charge in [-0.1, -0.05) is 12.1 Å². The van der Waals surface area contributed by atoms with Gasteiger partial charge in [0.1, 0.15) is 0 Å². The number of carbonyl (C=O) groups excluding carboxylic acids is 1. The number of rotatable bonds is 6. The molecule has 1 saturated carbocycles. The standard InChI is InChI=1S/C16H19N3OS.ClH/c1-11-18-15(10-21-11)13-3-2-4-14(7-13)19-16(20)9-17-8-12-5-6-12;/h2-4,7,10,12,17H,5-6,8-9H2,1H3,(H,19,20);1H. The van der Waals surface area contributed by atoms with Gasteiger partial charge in [-0.15, -0.1) is 23.7 Å². The molecule has 2 N–H and O–H groups in total. The number of aryl methyl sites for hydroxylation is 1. The molecule has 1 aromatic carbocycles. The molecule has 0 aliphatic heterocycles. The maximum absolute atomic E-state index is 11.9. The lowest BCUT2D eigenvalue weighted by molar-refractivity contribution is -0.115. The van der Waals surface area contributed by atoms with Gasteiger partial charge in [0.2, 0.25) is 5.91 Å². The monoisotopic (exact) mass is 337 g/mol. The van der Waals surface area contributed by atoms with Crippen molar-refractivity contribution in [3.63, 3.8) is 0 Å². The fourth-order valence-electron chi connectivity index (χ4n) is 2.17. The Kier molecular flexibility index (Phi) is 5.94. The maximum Gasteiger partial charge on any atom is 0.238 e. The van der Waals surface area contributed by atoms with Crippen molar-refractivity contribution in [1.82, 2.24) is 10.3 Å². The molecule has 1 aliphatic rings. The zero-order chi connectivity index (χ0) is 14.7. The van der Waals surface area contributed by atoms with Crippen molar-refractivity contribution in [1.29, 1.82) is 0 Å². The minimum atomic E-state index is 0. The number of anilines is 1. The first kappa shape index (κ1) is 16.9. The average Bonchev–Trinajstić information content (AvgIpc) is 3.18. The topological polar surface area (TPSA) is 54.0 Å². The molecule has 0 saturated heterocycles. The SMILES string of the molecule is Cc1nc(-c2cccc(NC(=O)CNCC3CC3)c2)cs1.Cl. The van der Waals surface area contributed by atoms with E-state index in [9.17, 15) is 4.79 Å². The number of hydrogen-bond acceptors (Lipinski definition) is 4. The van der Waals surface area contributed by atoms with Crippen molar-refractivity contribution in [2.75, 3.05) is 18.4 Å². The van der Waals surface area contributed by atoms with Crippen LogP contribution in [0.3, 0.4) is 0 Å². The van der Waals surface area contributed by atoms with Crippen molar-refractivity contribution in [2.24, 2.45) is 5.92 Å². The molecule has 3 rings (SSSR count). The van der Waals surface area contributed by atoms with Crippen LogP contribution in [0.25, 0.3) is 11.3 Å². The lowest BCUT2D eigenvalue weighted by Gasteiger charge is -2.07. The van der Waals surface area contributed by atoms with Crippen LogP contribution in [0.4, 0.5) is 5.69 Å². The number of amides is 1. The minimum absolute atomic E-state index is 0. The van der Waals surface area contributed by atoms with E-state index in [-0.39, 0.29) is 18.3 Å². The molecule has 1 amide bonds. The van der Waals surface area contributed by atoms with E-state index in [4.69, 9.17) is 0 Å². The Bertz CT molecular complexity index is 640. The third kappa shape index (κ3) is 4.80. The van der Waals surface area contributed by atoms with Crippen LogP contribution < -0.4 is 10.6 Å². The zero-order valence-electron chi connectivity index (χ0n) is 12.5. The molecule has 1 fully saturated rings. The molecule has 0 spiro atoms. The molecule has 1 heterocycles. The van der Waals surface area contributed by atoms with Gasteiger partial charge in [-0.2, -0.15) is 0 Å². The first-order valence-electron chi connectivity index (χ1n) is 7.24. The third-order valence-electron chi connectivity index (χ3n) is 3.48. The second kappa shape index (κ2) is 7.72. The van der Waals surface area contributed by atoms with Crippen LogP contribution >= 0.6 is 23.7 Å². The second-order valence-electron chi connectivity index (χ2n) is 5.46. The largest absolute Gasteiger partial charge is 0.325 e. The van der Waals surface area contributed by atoms with Crippen LogP contribution in [-0.2, 0) is 4.79 Å².